The van der Waals surface area contributed by atoms with Gasteiger partial charge in [0.15, 0.2) is 11.6 Å². The molecule has 3 amide bonds. The molecule has 0 atom stereocenters. The van der Waals surface area contributed by atoms with Crippen LogP contribution in [0.4, 0.5) is 19.6 Å². The van der Waals surface area contributed by atoms with E-state index in [-0.39, 0.29) is 24.4 Å². The first-order valence-electron chi connectivity index (χ1n) is 9.82. The Morgan fingerprint density at radius 3 is 2.59 bits per heavy atom. The van der Waals surface area contributed by atoms with Crippen LogP contribution in [0.2, 0.25) is 0 Å². The molecule has 166 valence electrons. The number of carbonyl (C=O) groups is 2. The molecule has 0 spiro atoms. The molecule has 2 heterocycles. The number of benzene rings is 2. The number of methoxy groups -OCH3 is 1. The molecule has 3 aromatic rings. The molecule has 0 unspecified atom stereocenters. The lowest BCUT2D eigenvalue weighted by molar-refractivity contribution is 0.0923. The van der Waals surface area contributed by atoms with Crippen molar-refractivity contribution in [3.8, 4) is 5.75 Å². The third-order valence-corrected chi connectivity index (χ3v) is 5.01. The van der Waals surface area contributed by atoms with Gasteiger partial charge in [0, 0.05) is 26.2 Å². The van der Waals surface area contributed by atoms with E-state index in [1.807, 2.05) is 24.3 Å². The average molecular weight is 442 g/mol. The number of oxazole rings is 1. The molecule has 1 aliphatic rings. The zero-order valence-electron chi connectivity index (χ0n) is 17.2. The Kier molecular flexibility index (Phi) is 6.02. The van der Waals surface area contributed by atoms with Gasteiger partial charge in [-0.15, -0.1) is 0 Å². The molecule has 1 aromatic heterocycles. The van der Waals surface area contributed by atoms with Gasteiger partial charge in [0.1, 0.15) is 5.75 Å². The maximum absolute atomic E-state index is 13.3. The Hall–Kier alpha value is -3.95. The van der Waals surface area contributed by atoms with Crippen LogP contribution in [0.1, 0.15) is 21.7 Å². The van der Waals surface area contributed by atoms with Crippen LogP contribution in [-0.2, 0) is 13.1 Å². The maximum Gasteiger partial charge on any atom is 0.328 e. The van der Waals surface area contributed by atoms with E-state index in [2.05, 4.69) is 10.3 Å². The average Bonchev–Trinajstić information content (AvgIpc) is 3.42. The van der Waals surface area contributed by atoms with Gasteiger partial charge in [0.2, 0.25) is 5.76 Å². The number of hydrogen-bond acceptors (Lipinski definition) is 5. The summed E-state index contributed by atoms with van der Waals surface area (Å²) in [5, 5.41) is 2.54. The van der Waals surface area contributed by atoms with E-state index in [0.717, 1.165) is 23.4 Å². The molecule has 0 radical (unpaired) electrons. The van der Waals surface area contributed by atoms with Crippen LogP contribution in [0.25, 0.3) is 0 Å². The van der Waals surface area contributed by atoms with Gasteiger partial charge in [0.05, 0.1) is 13.3 Å². The predicted molar refractivity (Wildman–Crippen MR) is 110 cm³/mol. The molecule has 2 aromatic carbocycles. The highest BCUT2D eigenvalue weighted by atomic mass is 19.2. The third-order valence-electron chi connectivity index (χ3n) is 5.01. The molecule has 10 heteroatoms. The number of urea groups is 1. The van der Waals surface area contributed by atoms with Crippen LogP contribution in [0.3, 0.4) is 0 Å². The molecule has 0 bridgehead atoms. The van der Waals surface area contributed by atoms with Crippen molar-refractivity contribution in [2.75, 3.05) is 25.1 Å². The zero-order valence-corrected chi connectivity index (χ0v) is 17.2. The van der Waals surface area contributed by atoms with E-state index in [0.29, 0.717) is 25.2 Å². The van der Waals surface area contributed by atoms with Gasteiger partial charge in [-0.05, 0) is 35.4 Å². The van der Waals surface area contributed by atoms with Crippen molar-refractivity contribution in [3.05, 3.63) is 77.2 Å². The van der Waals surface area contributed by atoms with Gasteiger partial charge < -0.3 is 19.4 Å². The SMILES string of the molecule is COc1ccc(CN2CCN(c3ncc(C(=O)NCc4ccc(F)c(F)c4)o3)C2=O)cc1. The highest BCUT2D eigenvalue weighted by Gasteiger charge is 2.33. The van der Waals surface area contributed by atoms with Crippen LogP contribution < -0.4 is 15.0 Å². The lowest BCUT2D eigenvalue weighted by Crippen LogP contribution is -2.31. The van der Waals surface area contributed by atoms with Crippen molar-refractivity contribution in [2.24, 2.45) is 0 Å². The minimum atomic E-state index is -0.995. The summed E-state index contributed by atoms with van der Waals surface area (Å²) in [5.74, 6) is -1.90. The monoisotopic (exact) mass is 442 g/mol. The fraction of sp³-hybridized carbons (Fsp3) is 0.227. The molecule has 1 N–H and O–H groups in total. The first-order valence-corrected chi connectivity index (χ1v) is 9.82. The first kappa shape index (κ1) is 21.3. The van der Waals surface area contributed by atoms with Crippen LogP contribution >= 0.6 is 0 Å². The molecule has 0 aliphatic carbocycles. The quantitative estimate of drug-likeness (QED) is 0.607. The first-order chi connectivity index (χ1) is 15.4. The normalized spacial score (nSPS) is 13.5. The summed E-state index contributed by atoms with van der Waals surface area (Å²) in [5.41, 5.74) is 1.34. The highest BCUT2D eigenvalue weighted by Crippen LogP contribution is 2.22. The summed E-state index contributed by atoms with van der Waals surface area (Å²) >= 11 is 0. The van der Waals surface area contributed by atoms with E-state index in [1.165, 1.54) is 17.2 Å². The predicted octanol–water partition coefficient (Wildman–Crippen LogP) is 3.33. The smallest absolute Gasteiger partial charge is 0.328 e. The molecule has 1 aliphatic heterocycles. The fourth-order valence-electron chi connectivity index (χ4n) is 3.27. The van der Waals surface area contributed by atoms with Crippen LogP contribution in [-0.4, -0.2) is 42.0 Å². The van der Waals surface area contributed by atoms with Gasteiger partial charge in [-0.2, -0.15) is 0 Å². The minimum absolute atomic E-state index is 0.0187. The number of nitrogens with one attached hydrogen (secondary N) is 1. The summed E-state index contributed by atoms with van der Waals surface area (Å²) in [6, 6.07) is 10.5. The molecule has 32 heavy (non-hydrogen) atoms. The molecule has 8 nitrogen and oxygen atoms in total. The number of halogens is 2. The van der Waals surface area contributed by atoms with Crippen molar-refractivity contribution in [1.82, 2.24) is 15.2 Å². The second-order valence-corrected chi connectivity index (χ2v) is 7.14. The number of hydrogen-bond donors (Lipinski definition) is 1. The second-order valence-electron chi connectivity index (χ2n) is 7.14. The van der Waals surface area contributed by atoms with Gasteiger partial charge in [-0.25, -0.2) is 23.5 Å². The Labute approximate surface area is 182 Å². The third kappa shape index (κ3) is 4.53. The number of aromatic nitrogens is 1. The lowest BCUT2D eigenvalue weighted by atomic mass is 10.2. The summed E-state index contributed by atoms with van der Waals surface area (Å²) < 4.78 is 36.9. The molecular formula is C22H20F2N4O4. The molecular weight excluding hydrogens is 422 g/mol. The van der Waals surface area contributed by atoms with E-state index in [4.69, 9.17) is 9.15 Å². The van der Waals surface area contributed by atoms with Gasteiger partial charge >= 0.3 is 12.0 Å². The zero-order chi connectivity index (χ0) is 22.7. The standard InChI is InChI=1S/C22H20F2N4O4/c1-31-16-5-2-14(3-6-16)13-27-8-9-28(22(27)30)21-26-12-19(32-21)20(29)25-11-15-4-7-17(23)18(24)10-15/h2-7,10,12H,8-9,11,13H2,1H3,(H,25,29). The number of ether oxygens (including phenoxy) is 1. The second kappa shape index (κ2) is 9.04. The van der Waals surface area contributed by atoms with Crippen LogP contribution in [0, 0.1) is 11.6 Å². The fourth-order valence-corrected chi connectivity index (χ4v) is 3.27. The summed E-state index contributed by atoms with van der Waals surface area (Å²) in [4.78, 5) is 32.1. The Balaban J connectivity index is 1.35. The Morgan fingerprint density at radius 1 is 1.12 bits per heavy atom. The number of amides is 3. The van der Waals surface area contributed by atoms with Crippen molar-refractivity contribution in [1.29, 1.82) is 0 Å². The minimum Gasteiger partial charge on any atom is -0.497 e. The molecule has 0 saturated carbocycles. The summed E-state index contributed by atoms with van der Waals surface area (Å²) in [6.07, 6.45) is 1.22. The van der Waals surface area contributed by atoms with Crippen molar-refractivity contribution < 1.29 is 27.5 Å². The Morgan fingerprint density at radius 2 is 1.88 bits per heavy atom. The number of nitrogens with zero attached hydrogens (tertiary/aromatic N) is 3. The number of rotatable bonds is 7. The topological polar surface area (TPSA) is 87.9 Å². The maximum atomic E-state index is 13.3. The van der Waals surface area contributed by atoms with Gasteiger partial charge in [0.25, 0.3) is 5.91 Å². The summed E-state index contributed by atoms with van der Waals surface area (Å²) in [7, 11) is 1.59. The van der Waals surface area contributed by atoms with Crippen molar-refractivity contribution >= 4 is 18.0 Å². The number of anilines is 1. The molecule has 1 saturated heterocycles. The van der Waals surface area contributed by atoms with Crippen molar-refractivity contribution in [2.45, 2.75) is 13.1 Å². The van der Waals surface area contributed by atoms with E-state index in [1.54, 1.807) is 12.0 Å². The van der Waals surface area contributed by atoms with E-state index in [9.17, 15) is 18.4 Å². The highest BCUT2D eigenvalue weighted by molar-refractivity contribution is 5.94. The van der Waals surface area contributed by atoms with E-state index < -0.39 is 17.5 Å². The number of carbonyl (C=O) groups excluding carboxylic acids is 2. The Bertz CT molecular complexity index is 1130. The summed E-state index contributed by atoms with van der Waals surface area (Å²) in [6.45, 7) is 1.24. The largest absolute Gasteiger partial charge is 0.497 e. The molecule has 1 fully saturated rings. The van der Waals surface area contributed by atoms with Crippen LogP contribution in [0.5, 0.6) is 5.75 Å². The van der Waals surface area contributed by atoms with Gasteiger partial charge in [-0.1, -0.05) is 18.2 Å². The van der Waals surface area contributed by atoms with E-state index >= 15 is 0 Å². The van der Waals surface area contributed by atoms with Gasteiger partial charge in [-0.3, -0.25) is 4.79 Å². The lowest BCUT2D eigenvalue weighted by Gasteiger charge is -2.16. The van der Waals surface area contributed by atoms with Crippen LogP contribution in [0.15, 0.2) is 53.1 Å². The van der Waals surface area contributed by atoms with Crippen molar-refractivity contribution in [3.63, 3.8) is 0 Å². The molecule has 4 rings (SSSR count).